The Morgan fingerprint density at radius 1 is 1.29 bits per heavy atom. The molecule has 0 aromatic heterocycles. The van der Waals surface area contributed by atoms with Crippen molar-refractivity contribution < 1.29 is 9.59 Å². The predicted octanol–water partition coefficient (Wildman–Crippen LogP) is 2.12. The van der Waals surface area contributed by atoms with Gasteiger partial charge in [0.15, 0.2) is 0 Å². The SMILES string of the molecule is O=C(Cl)N1CCN(N=Cc2ccccc2)C1=O. The summed E-state index contributed by atoms with van der Waals surface area (Å²) < 4.78 is 0. The van der Waals surface area contributed by atoms with Gasteiger partial charge in [-0.25, -0.2) is 14.7 Å². The Bertz CT molecular complexity index is 461. The Morgan fingerprint density at radius 3 is 2.59 bits per heavy atom. The zero-order chi connectivity index (χ0) is 12.3. The first-order valence-corrected chi connectivity index (χ1v) is 5.44. The summed E-state index contributed by atoms with van der Waals surface area (Å²) in [7, 11) is 0. The summed E-state index contributed by atoms with van der Waals surface area (Å²) in [6.45, 7) is 0.633. The molecule has 2 rings (SSSR count). The summed E-state index contributed by atoms with van der Waals surface area (Å²) in [6, 6.07) is 8.90. The van der Waals surface area contributed by atoms with Crippen LogP contribution in [0.3, 0.4) is 0 Å². The zero-order valence-corrected chi connectivity index (χ0v) is 9.67. The van der Waals surface area contributed by atoms with Crippen molar-refractivity contribution in [3.63, 3.8) is 0 Å². The molecule has 0 bridgehead atoms. The fourth-order valence-corrected chi connectivity index (χ4v) is 1.63. The Hall–Kier alpha value is -1.88. The van der Waals surface area contributed by atoms with E-state index in [0.717, 1.165) is 10.5 Å². The number of carbonyl (C=O) groups is 2. The van der Waals surface area contributed by atoms with E-state index in [0.29, 0.717) is 6.54 Å². The largest absolute Gasteiger partial charge is 0.348 e. The molecule has 0 N–H and O–H groups in total. The number of rotatable bonds is 2. The van der Waals surface area contributed by atoms with Gasteiger partial charge >= 0.3 is 11.4 Å². The monoisotopic (exact) mass is 251 g/mol. The Balaban J connectivity index is 2.04. The number of nitrogens with zero attached hydrogens (tertiary/aromatic N) is 3. The topological polar surface area (TPSA) is 53.0 Å². The van der Waals surface area contributed by atoms with Gasteiger partial charge in [0.25, 0.3) is 0 Å². The fraction of sp³-hybridized carbons (Fsp3) is 0.182. The minimum absolute atomic E-state index is 0.271. The Kier molecular flexibility index (Phi) is 3.39. The molecule has 1 fully saturated rings. The molecule has 1 aliphatic heterocycles. The highest BCUT2D eigenvalue weighted by atomic mass is 35.5. The maximum Gasteiger partial charge on any atom is 0.348 e. The van der Waals surface area contributed by atoms with E-state index in [2.05, 4.69) is 5.10 Å². The molecule has 6 heteroatoms. The smallest absolute Gasteiger partial charge is 0.255 e. The molecule has 0 radical (unpaired) electrons. The number of hydrazone groups is 1. The molecule has 5 nitrogen and oxygen atoms in total. The van der Waals surface area contributed by atoms with Gasteiger partial charge < -0.3 is 0 Å². The molecule has 1 heterocycles. The molecule has 0 saturated carbocycles. The molecule has 3 amide bonds. The highest BCUT2D eigenvalue weighted by Gasteiger charge is 2.31. The number of imide groups is 1. The minimum Gasteiger partial charge on any atom is -0.255 e. The van der Waals surface area contributed by atoms with E-state index in [9.17, 15) is 9.59 Å². The van der Waals surface area contributed by atoms with Gasteiger partial charge in [-0.1, -0.05) is 30.3 Å². The number of amides is 3. The summed E-state index contributed by atoms with van der Waals surface area (Å²) in [5.41, 5.74) is 0.885. The maximum atomic E-state index is 11.6. The normalized spacial score (nSPS) is 15.9. The second-order valence-electron chi connectivity index (χ2n) is 3.47. The van der Waals surface area contributed by atoms with Crippen molar-refractivity contribution in [2.75, 3.05) is 13.1 Å². The number of halogens is 1. The van der Waals surface area contributed by atoms with E-state index in [4.69, 9.17) is 11.6 Å². The fourth-order valence-electron chi connectivity index (χ4n) is 1.47. The van der Waals surface area contributed by atoms with E-state index in [1.165, 1.54) is 5.01 Å². The van der Waals surface area contributed by atoms with E-state index in [1.807, 2.05) is 30.3 Å². The predicted molar refractivity (Wildman–Crippen MR) is 64.1 cm³/mol. The zero-order valence-electron chi connectivity index (χ0n) is 8.91. The molecule has 1 aliphatic rings. The van der Waals surface area contributed by atoms with Crippen molar-refractivity contribution in [1.82, 2.24) is 9.91 Å². The van der Waals surface area contributed by atoms with Crippen LogP contribution in [-0.2, 0) is 0 Å². The molecule has 1 saturated heterocycles. The average molecular weight is 252 g/mol. The van der Waals surface area contributed by atoms with E-state index < -0.39 is 11.4 Å². The van der Waals surface area contributed by atoms with E-state index >= 15 is 0 Å². The summed E-state index contributed by atoms with van der Waals surface area (Å²) >= 11 is 5.25. The summed E-state index contributed by atoms with van der Waals surface area (Å²) in [6.07, 6.45) is 1.57. The standard InChI is InChI=1S/C11H10ClN3O2/c12-10(16)14-6-7-15(11(14)17)13-8-9-4-2-1-3-5-9/h1-5,8H,6-7H2. The van der Waals surface area contributed by atoms with Crippen molar-refractivity contribution in [1.29, 1.82) is 0 Å². The highest BCUT2D eigenvalue weighted by Crippen LogP contribution is 2.11. The lowest BCUT2D eigenvalue weighted by atomic mass is 10.2. The third-order valence-corrected chi connectivity index (χ3v) is 2.55. The molecule has 17 heavy (non-hydrogen) atoms. The summed E-state index contributed by atoms with van der Waals surface area (Å²) in [5, 5.41) is 4.46. The van der Waals surface area contributed by atoms with Gasteiger partial charge in [0, 0.05) is 0 Å². The van der Waals surface area contributed by atoms with Gasteiger partial charge in [-0.15, -0.1) is 0 Å². The van der Waals surface area contributed by atoms with Crippen molar-refractivity contribution >= 4 is 29.2 Å². The molecule has 0 atom stereocenters. The van der Waals surface area contributed by atoms with Crippen molar-refractivity contribution in [2.45, 2.75) is 0 Å². The molecule has 1 aromatic carbocycles. The van der Waals surface area contributed by atoms with Crippen LogP contribution in [0.15, 0.2) is 35.4 Å². The molecule has 88 valence electrons. The first-order valence-electron chi connectivity index (χ1n) is 5.06. The number of benzene rings is 1. The van der Waals surface area contributed by atoms with Gasteiger partial charge in [-0.3, -0.25) is 4.79 Å². The third-order valence-electron chi connectivity index (χ3n) is 2.35. The molecular weight excluding hydrogens is 242 g/mol. The highest BCUT2D eigenvalue weighted by molar-refractivity contribution is 6.64. The van der Waals surface area contributed by atoms with Gasteiger partial charge in [0.2, 0.25) is 0 Å². The molecule has 0 spiro atoms. The van der Waals surface area contributed by atoms with E-state index in [1.54, 1.807) is 6.21 Å². The number of carbonyl (C=O) groups excluding carboxylic acids is 2. The van der Waals surface area contributed by atoms with Crippen molar-refractivity contribution in [2.24, 2.45) is 5.10 Å². The van der Waals surface area contributed by atoms with Crippen LogP contribution >= 0.6 is 11.6 Å². The third kappa shape index (κ3) is 2.62. The lowest BCUT2D eigenvalue weighted by Crippen LogP contribution is -2.30. The van der Waals surface area contributed by atoms with Crippen LogP contribution in [0.25, 0.3) is 0 Å². The maximum absolute atomic E-state index is 11.6. The quantitative estimate of drug-likeness (QED) is 0.459. The molecule has 0 unspecified atom stereocenters. The van der Waals surface area contributed by atoms with Crippen molar-refractivity contribution in [3.05, 3.63) is 35.9 Å². The number of hydrogen-bond acceptors (Lipinski definition) is 3. The molecule has 0 aliphatic carbocycles. The van der Waals surface area contributed by atoms with Gasteiger partial charge in [-0.2, -0.15) is 5.10 Å². The molecular formula is C11H10ClN3O2. The van der Waals surface area contributed by atoms with Crippen LogP contribution in [-0.4, -0.2) is 40.6 Å². The van der Waals surface area contributed by atoms with Crippen LogP contribution in [0.1, 0.15) is 5.56 Å². The molecule has 1 aromatic rings. The second kappa shape index (κ2) is 4.97. The summed E-state index contributed by atoms with van der Waals surface area (Å²) in [5.74, 6) is 0. The average Bonchev–Trinajstić information content (AvgIpc) is 2.69. The lowest BCUT2D eigenvalue weighted by Gasteiger charge is -2.09. The summed E-state index contributed by atoms with van der Waals surface area (Å²) in [4.78, 5) is 23.4. The van der Waals surface area contributed by atoms with Gasteiger partial charge in [-0.05, 0) is 17.2 Å². The first kappa shape index (κ1) is 11.6. The minimum atomic E-state index is -0.771. The Morgan fingerprint density at radius 2 is 2.00 bits per heavy atom. The van der Waals surface area contributed by atoms with Crippen LogP contribution in [0.4, 0.5) is 9.59 Å². The number of hydrogen-bond donors (Lipinski definition) is 0. The lowest BCUT2D eigenvalue weighted by molar-refractivity contribution is 0.195. The van der Waals surface area contributed by atoms with Gasteiger partial charge in [0.1, 0.15) is 0 Å². The van der Waals surface area contributed by atoms with Crippen LogP contribution in [0, 0.1) is 0 Å². The van der Waals surface area contributed by atoms with Crippen LogP contribution < -0.4 is 0 Å². The first-order chi connectivity index (χ1) is 8.18. The number of urea groups is 1. The van der Waals surface area contributed by atoms with E-state index in [-0.39, 0.29) is 6.54 Å². The Labute approximate surface area is 103 Å². The van der Waals surface area contributed by atoms with Crippen molar-refractivity contribution in [3.8, 4) is 0 Å². The van der Waals surface area contributed by atoms with Crippen LogP contribution in [0.2, 0.25) is 0 Å². The second-order valence-corrected chi connectivity index (χ2v) is 3.79. The van der Waals surface area contributed by atoms with Gasteiger partial charge in [0.05, 0.1) is 19.3 Å². The van der Waals surface area contributed by atoms with Crippen LogP contribution in [0.5, 0.6) is 0 Å².